The fourth-order valence-electron chi connectivity index (χ4n) is 2.51. The molecule has 6 heteroatoms. The number of fused-ring (bicyclic) bond motifs is 1. The molecule has 0 saturated heterocycles. The van der Waals surface area contributed by atoms with Crippen LogP contribution >= 0.6 is 23.4 Å². The molecule has 3 N–H and O–H groups in total. The van der Waals surface area contributed by atoms with Gasteiger partial charge in [-0.15, -0.1) is 11.8 Å². The Labute approximate surface area is 133 Å². The van der Waals surface area contributed by atoms with Gasteiger partial charge in [0.25, 0.3) is 0 Å². The van der Waals surface area contributed by atoms with E-state index in [-0.39, 0.29) is 0 Å². The number of hydrogen-bond donors (Lipinski definition) is 2. The van der Waals surface area contributed by atoms with E-state index in [1.54, 1.807) is 11.8 Å². The number of hydrogen-bond acceptors (Lipinski definition) is 5. The van der Waals surface area contributed by atoms with Crippen LogP contribution in [0.4, 0.5) is 5.82 Å². The van der Waals surface area contributed by atoms with E-state index < -0.39 is 0 Å². The number of aromatic nitrogens is 2. The van der Waals surface area contributed by atoms with Gasteiger partial charge in [-0.2, -0.15) is 0 Å². The number of nitrogens with two attached hydrogens (primary N) is 1. The van der Waals surface area contributed by atoms with E-state index in [0.717, 1.165) is 45.8 Å². The second kappa shape index (κ2) is 6.64. The number of nitrogens with zero attached hydrogens (tertiary/aromatic N) is 2. The highest BCUT2D eigenvalue weighted by molar-refractivity contribution is 7.98. The van der Waals surface area contributed by atoms with Crippen molar-refractivity contribution in [1.82, 2.24) is 9.97 Å². The number of thioether (sulfide) groups is 1. The number of nitrogen functional groups attached to an aromatic ring is 1. The van der Waals surface area contributed by atoms with Gasteiger partial charge in [-0.05, 0) is 49.9 Å². The highest BCUT2D eigenvalue weighted by atomic mass is 35.5. The molecule has 4 nitrogen and oxygen atoms in total. The fraction of sp³-hybridized carbons (Fsp3) is 0.333. The molecule has 1 aliphatic rings. The van der Waals surface area contributed by atoms with Crippen LogP contribution in [-0.2, 0) is 18.6 Å². The average Bonchev–Trinajstić information content (AvgIpc) is 2.53. The standard InChI is InChI=1S/C15H17ClN4S/c16-10-5-7-11(8-6-10)21-9-14-18-13-4-2-1-3-12(13)15(19-14)20-17/h5-8H,1-4,9,17H2,(H,18,19,20). The normalized spacial score (nSPS) is 13.8. The van der Waals surface area contributed by atoms with Gasteiger partial charge in [0.1, 0.15) is 11.6 Å². The molecule has 0 saturated carbocycles. The van der Waals surface area contributed by atoms with Crippen molar-refractivity contribution >= 4 is 29.2 Å². The molecule has 1 aromatic heterocycles. The van der Waals surface area contributed by atoms with E-state index in [1.165, 1.54) is 18.4 Å². The van der Waals surface area contributed by atoms with Crippen LogP contribution in [0.5, 0.6) is 0 Å². The first kappa shape index (κ1) is 14.6. The van der Waals surface area contributed by atoms with E-state index in [0.29, 0.717) is 0 Å². The summed E-state index contributed by atoms with van der Waals surface area (Å²) in [6, 6.07) is 7.80. The lowest BCUT2D eigenvalue weighted by Gasteiger charge is -2.18. The number of hydrazine groups is 1. The molecule has 0 bridgehead atoms. The maximum atomic E-state index is 5.89. The van der Waals surface area contributed by atoms with E-state index >= 15 is 0 Å². The molecule has 1 heterocycles. The number of benzene rings is 1. The molecule has 0 amide bonds. The first-order chi connectivity index (χ1) is 10.3. The summed E-state index contributed by atoms with van der Waals surface area (Å²) in [4.78, 5) is 10.4. The Morgan fingerprint density at radius 3 is 2.67 bits per heavy atom. The van der Waals surface area contributed by atoms with E-state index in [1.807, 2.05) is 24.3 Å². The monoisotopic (exact) mass is 320 g/mol. The lowest BCUT2D eigenvalue weighted by molar-refractivity contribution is 0.659. The minimum atomic E-state index is 0.726. The first-order valence-corrected chi connectivity index (χ1v) is 8.36. The summed E-state index contributed by atoms with van der Waals surface area (Å²) in [5, 5.41) is 0.749. The molecule has 0 unspecified atom stereocenters. The van der Waals surface area contributed by atoms with Gasteiger partial charge in [0.2, 0.25) is 0 Å². The minimum absolute atomic E-state index is 0.726. The van der Waals surface area contributed by atoms with E-state index in [2.05, 4.69) is 10.4 Å². The number of nitrogens with one attached hydrogen (secondary N) is 1. The molecule has 0 aliphatic heterocycles. The lowest BCUT2D eigenvalue weighted by atomic mass is 9.96. The Balaban J connectivity index is 1.77. The van der Waals surface area contributed by atoms with Crippen molar-refractivity contribution < 1.29 is 0 Å². The van der Waals surface area contributed by atoms with Crippen LogP contribution in [0, 0.1) is 0 Å². The second-order valence-corrected chi connectivity index (χ2v) is 6.49. The van der Waals surface area contributed by atoms with E-state index in [4.69, 9.17) is 22.4 Å². The average molecular weight is 321 g/mol. The summed E-state index contributed by atoms with van der Waals surface area (Å²) in [5.41, 5.74) is 5.06. The van der Waals surface area contributed by atoms with Crippen molar-refractivity contribution in [1.29, 1.82) is 0 Å². The highest BCUT2D eigenvalue weighted by Crippen LogP contribution is 2.28. The predicted octanol–water partition coefficient (Wildman–Crippen LogP) is 3.59. The second-order valence-electron chi connectivity index (χ2n) is 5.01. The Hall–Kier alpha value is -1.30. The molecule has 110 valence electrons. The Kier molecular flexibility index (Phi) is 4.63. The third-order valence-corrected chi connectivity index (χ3v) is 4.81. The molecule has 0 fully saturated rings. The van der Waals surface area contributed by atoms with Gasteiger partial charge in [0.15, 0.2) is 0 Å². The number of halogens is 1. The molecule has 3 rings (SSSR count). The predicted molar refractivity (Wildman–Crippen MR) is 87.5 cm³/mol. The molecule has 0 spiro atoms. The number of anilines is 1. The van der Waals surface area contributed by atoms with Crippen LogP contribution in [-0.4, -0.2) is 9.97 Å². The van der Waals surface area contributed by atoms with Crippen LogP contribution in [0.2, 0.25) is 5.02 Å². The van der Waals surface area contributed by atoms with Crippen molar-refractivity contribution in [3.8, 4) is 0 Å². The van der Waals surface area contributed by atoms with Crippen molar-refractivity contribution in [2.75, 3.05) is 5.43 Å². The Bertz CT molecular complexity index is 613. The van der Waals surface area contributed by atoms with Crippen LogP contribution in [0.25, 0.3) is 0 Å². The summed E-state index contributed by atoms with van der Waals surface area (Å²) >= 11 is 7.59. The van der Waals surface area contributed by atoms with E-state index in [9.17, 15) is 0 Å². The first-order valence-electron chi connectivity index (χ1n) is 7.00. The minimum Gasteiger partial charge on any atom is -0.308 e. The maximum absolute atomic E-state index is 5.89. The molecular formula is C15H17ClN4S. The fourth-order valence-corrected chi connectivity index (χ4v) is 3.39. The summed E-state index contributed by atoms with van der Waals surface area (Å²) in [6.07, 6.45) is 4.41. The zero-order valence-electron chi connectivity index (χ0n) is 11.6. The topological polar surface area (TPSA) is 63.8 Å². The molecule has 1 aliphatic carbocycles. The van der Waals surface area contributed by atoms with Crippen LogP contribution in [0.3, 0.4) is 0 Å². The molecule has 1 aromatic carbocycles. The molecule has 2 aromatic rings. The van der Waals surface area contributed by atoms with Gasteiger partial charge >= 0.3 is 0 Å². The summed E-state index contributed by atoms with van der Waals surface area (Å²) in [6.45, 7) is 0. The van der Waals surface area contributed by atoms with Gasteiger partial charge in [0, 0.05) is 21.2 Å². The highest BCUT2D eigenvalue weighted by Gasteiger charge is 2.17. The molecule has 21 heavy (non-hydrogen) atoms. The van der Waals surface area contributed by atoms with Gasteiger partial charge in [-0.3, -0.25) is 0 Å². The molecule has 0 radical (unpaired) electrons. The zero-order valence-corrected chi connectivity index (χ0v) is 13.2. The summed E-state index contributed by atoms with van der Waals surface area (Å²) in [5.74, 6) is 7.94. The van der Waals surface area contributed by atoms with Crippen molar-refractivity contribution in [2.24, 2.45) is 5.84 Å². The van der Waals surface area contributed by atoms with Crippen molar-refractivity contribution in [3.63, 3.8) is 0 Å². The third-order valence-electron chi connectivity index (χ3n) is 3.55. The van der Waals surface area contributed by atoms with Gasteiger partial charge in [-0.1, -0.05) is 11.6 Å². The molecular weight excluding hydrogens is 304 g/mol. The van der Waals surface area contributed by atoms with Crippen molar-refractivity contribution in [2.45, 2.75) is 36.3 Å². The summed E-state index contributed by atoms with van der Waals surface area (Å²) in [7, 11) is 0. The smallest absolute Gasteiger partial charge is 0.147 e. The van der Waals surface area contributed by atoms with Gasteiger partial charge in [-0.25, -0.2) is 15.8 Å². The Morgan fingerprint density at radius 2 is 1.90 bits per heavy atom. The number of rotatable bonds is 4. The van der Waals surface area contributed by atoms with Gasteiger partial charge < -0.3 is 5.43 Å². The van der Waals surface area contributed by atoms with Crippen LogP contribution in [0.1, 0.15) is 29.9 Å². The molecule has 0 atom stereocenters. The lowest BCUT2D eigenvalue weighted by Crippen LogP contribution is -2.17. The maximum Gasteiger partial charge on any atom is 0.147 e. The quantitative estimate of drug-likeness (QED) is 0.512. The third kappa shape index (κ3) is 3.48. The largest absolute Gasteiger partial charge is 0.308 e. The van der Waals surface area contributed by atoms with Gasteiger partial charge in [0.05, 0.1) is 5.75 Å². The van der Waals surface area contributed by atoms with Crippen molar-refractivity contribution in [3.05, 3.63) is 46.4 Å². The zero-order chi connectivity index (χ0) is 14.7. The Morgan fingerprint density at radius 1 is 1.14 bits per heavy atom. The van der Waals surface area contributed by atoms with Crippen LogP contribution < -0.4 is 11.3 Å². The van der Waals surface area contributed by atoms with Crippen LogP contribution in [0.15, 0.2) is 29.2 Å². The summed E-state index contributed by atoms with van der Waals surface area (Å²) < 4.78 is 0. The number of aryl methyl sites for hydroxylation is 1. The SMILES string of the molecule is NNc1nc(CSc2ccc(Cl)cc2)nc2c1CCCC2.